The summed E-state index contributed by atoms with van der Waals surface area (Å²) < 4.78 is 0. The van der Waals surface area contributed by atoms with Crippen LogP contribution >= 0.6 is 0 Å². The van der Waals surface area contributed by atoms with Gasteiger partial charge in [-0.2, -0.15) is 0 Å². The lowest BCUT2D eigenvalue weighted by Gasteiger charge is -2.04. The zero-order chi connectivity index (χ0) is 5.78. The van der Waals surface area contributed by atoms with Crippen LogP contribution in [0.4, 0.5) is 0 Å². The van der Waals surface area contributed by atoms with Gasteiger partial charge in [-0.3, -0.25) is 0 Å². The first-order valence-electron chi connectivity index (χ1n) is 3.73. The molecule has 0 heterocycles. The number of rotatable bonds is 0. The highest BCUT2D eigenvalue weighted by molar-refractivity contribution is 5.07. The third-order valence-electron chi connectivity index (χ3n) is 3.32. The Bertz CT molecular complexity index is 101. The molecular formula is C8H14. The van der Waals surface area contributed by atoms with E-state index in [2.05, 4.69) is 13.8 Å². The Morgan fingerprint density at radius 1 is 1.12 bits per heavy atom. The molecule has 2 unspecified atom stereocenters. The Balaban J connectivity index is 2.13. The monoisotopic (exact) mass is 110 g/mol. The highest BCUT2D eigenvalue weighted by Crippen LogP contribution is 2.66. The molecule has 0 amide bonds. The minimum Gasteiger partial charge on any atom is -0.0594 e. The normalized spacial score (nSPS) is 48.8. The van der Waals surface area contributed by atoms with Gasteiger partial charge in [-0.05, 0) is 30.1 Å². The highest BCUT2D eigenvalue weighted by Gasteiger charge is 2.58. The summed E-state index contributed by atoms with van der Waals surface area (Å²) in [6.07, 6.45) is 4.56. The van der Waals surface area contributed by atoms with E-state index in [1.54, 1.807) is 0 Å². The molecule has 0 bridgehead atoms. The van der Waals surface area contributed by atoms with Crippen LogP contribution in [0.2, 0.25) is 0 Å². The average molecular weight is 110 g/mol. The third kappa shape index (κ3) is 0.375. The largest absolute Gasteiger partial charge is 0.0594 e. The molecule has 2 rings (SSSR count). The summed E-state index contributed by atoms with van der Waals surface area (Å²) in [6.45, 7) is 4.84. The van der Waals surface area contributed by atoms with Crippen molar-refractivity contribution in [1.29, 1.82) is 0 Å². The molecule has 2 aliphatic rings. The Morgan fingerprint density at radius 2 is 1.62 bits per heavy atom. The summed E-state index contributed by atoms with van der Waals surface area (Å²) in [5.74, 6) is 2.25. The summed E-state index contributed by atoms with van der Waals surface area (Å²) in [7, 11) is 0. The molecule has 0 radical (unpaired) electrons. The summed E-state index contributed by atoms with van der Waals surface area (Å²) in [5.41, 5.74) is 0.762. The molecule has 0 saturated heterocycles. The fourth-order valence-corrected chi connectivity index (χ4v) is 2.56. The van der Waals surface area contributed by atoms with Crippen molar-refractivity contribution in [3.63, 3.8) is 0 Å². The fourth-order valence-electron chi connectivity index (χ4n) is 2.56. The first-order chi connectivity index (χ1) is 3.73. The van der Waals surface area contributed by atoms with Gasteiger partial charge in [-0.25, -0.2) is 0 Å². The van der Waals surface area contributed by atoms with Gasteiger partial charge in [-0.1, -0.05) is 20.3 Å². The zero-order valence-corrected chi connectivity index (χ0v) is 5.78. The maximum Gasteiger partial charge on any atom is -0.0292 e. The molecule has 2 saturated carbocycles. The van der Waals surface area contributed by atoms with Gasteiger partial charge in [-0.15, -0.1) is 0 Å². The predicted octanol–water partition coefficient (Wildman–Crippen LogP) is 2.44. The third-order valence-corrected chi connectivity index (χ3v) is 3.32. The van der Waals surface area contributed by atoms with Crippen LogP contribution < -0.4 is 0 Å². The SMILES string of the molecule is CC1(C)C2CCCC21. The first kappa shape index (κ1) is 4.84. The Labute approximate surface area is 51.3 Å². The lowest BCUT2D eigenvalue weighted by molar-refractivity contribution is 0.465. The van der Waals surface area contributed by atoms with Crippen LogP contribution in [0.1, 0.15) is 33.1 Å². The molecule has 46 valence electrons. The van der Waals surface area contributed by atoms with E-state index in [4.69, 9.17) is 0 Å². The van der Waals surface area contributed by atoms with Crippen LogP contribution in [0.5, 0.6) is 0 Å². The summed E-state index contributed by atoms with van der Waals surface area (Å²) in [4.78, 5) is 0. The Morgan fingerprint density at radius 3 is 1.88 bits per heavy atom. The van der Waals surface area contributed by atoms with Gasteiger partial charge in [0.1, 0.15) is 0 Å². The maximum atomic E-state index is 2.42. The highest BCUT2D eigenvalue weighted by atomic mass is 14.6. The van der Waals surface area contributed by atoms with Crippen molar-refractivity contribution in [3.8, 4) is 0 Å². The smallest absolute Gasteiger partial charge is 0.0292 e. The molecule has 2 aliphatic carbocycles. The van der Waals surface area contributed by atoms with E-state index in [1.807, 2.05) is 0 Å². The van der Waals surface area contributed by atoms with Crippen LogP contribution in [0.25, 0.3) is 0 Å². The van der Waals surface area contributed by atoms with Crippen molar-refractivity contribution < 1.29 is 0 Å². The first-order valence-corrected chi connectivity index (χ1v) is 3.73. The minimum absolute atomic E-state index is 0.762. The van der Waals surface area contributed by atoms with E-state index in [-0.39, 0.29) is 0 Å². The standard InChI is InChI=1S/C8H14/c1-8(2)6-4-3-5-7(6)8/h6-7H,3-5H2,1-2H3. The molecule has 0 aromatic rings. The van der Waals surface area contributed by atoms with E-state index in [1.165, 1.54) is 19.3 Å². The molecule has 0 aliphatic heterocycles. The van der Waals surface area contributed by atoms with Crippen LogP contribution in [0.3, 0.4) is 0 Å². The van der Waals surface area contributed by atoms with Gasteiger partial charge in [0.25, 0.3) is 0 Å². The summed E-state index contributed by atoms with van der Waals surface area (Å²) in [5, 5.41) is 0. The molecule has 0 heteroatoms. The van der Waals surface area contributed by atoms with Crippen molar-refractivity contribution in [1.82, 2.24) is 0 Å². The van der Waals surface area contributed by atoms with Crippen molar-refractivity contribution in [2.45, 2.75) is 33.1 Å². The number of hydrogen-bond acceptors (Lipinski definition) is 0. The maximum absolute atomic E-state index is 2.42. The van der Waals surface area contributed by atoms with Gasteiger partial charge >= 0.3 is 0 Å². The lowest BCUT2D eigenvalue weighted by Crippen LogP contribution is -1.94. The van der Waals surface area contributed by atoms with Crippen molar-refractivity contribution >= 4 is 0 Å². The van der Waals surface area contributed by atoms with Crippen molar-refractivity contribution in [3.05, 3.63) is 0 Å². The molecule has 0 aromatic carbocycles. The average Bonchev–Trinajstić information content (AvgIpc) is 2.22. The summed E-state index contributed by atoms with van der Waals surface area (Å²) >= 11 is 0. The number of fused-ring (bicyclic) bond motifs is 1. The molecule has 8 heavy (non-hydrogen) atoms. The topological polar surface area (TPSA) is 0 Å². The Hall–Kier alpha value is 0. The molecule has 0 nitrogen and oxygen atoms in total. The van der Waals surface area contributed by atoms with Gasteiger partial charge in [0.15, 0.2) is 0 Å². The predicted molar refractivity (Wildman–Crippen MR) is 34.6 cm³/mol. The zero-order valence-electron chi connectivity index (χ0n) is 5.78. The second-order valence-corrected chi connectivity index (χ2v) is 3.97. The quantitative estimate of drug-likeness (QED) is 0.449. The molecule has 0 N–H and O–H groups in total. The van der Waals surface area contributed by atoms with E-state index in [0.29, 0.717) is 0 Å². The van der Waals surface area contributed by atoms with Crippen molar-refractivity contribution in [2.24, 2.45) is 17.3 Å². The van der Waals surface area contributed by atoms with Gasteiger partial charge < -0.3 is 0 Å². The second-order valence-electron chi connectivity index (χ2n) is 3.97. The van der Waals surface area contributed by atoms with Crippen LogP contribution in [-0.2, 0) is 0 Å². The number of hydrogen-bond donors (Lipinski definition) is 0. The van der Waals surface area contributed by atoms with Gasteiger partial charge in [0.05, 0.1) is 0 Å². The van der Waals surface area contributed by atoms with Crippen LogP contribution in [0, 0.1) is 17.3 Å². The van der Waals surface area contributed by atoms with Crippen LogP contribution in [0.15, 0.2) is 0 Å². The molecule has 2 atom stereocenters. The van der Waals surface area contributed by atoms with E-state index < -0.39 is 0 Å². The second kappa shape index (κ2) is 1.12. The fraction of sp³-hybridized carbons (Fsp3) is 1.00. The molecule has 2 fully saturated rings. The van der Waals surface area contributed by atoms with Crippen LogP contribution in [-0.4, -0.2) is 0 Å². The van der Waals surface area contributed by atoms with Crippen molar-refractivity contribution in [2.75, 3.05) is 0 Å². The van der Waals surface area contributed by atoms with E-state index >= 15 is 0 Å². The lowest BCUT2D eigenvalue weighted by atomic mass is 10.0. The molecule has 0 aromatic heterocycles. The van der Waals surface area contributed by atoms with Gasteiger partial charge in [0, 0.05) is 0 Å². The molecular weight excluding hydrogens is 96.1 g/mol. The minimum atomic E-state index is 0.762. The summed E-state index contributed by atoms with van der Waals surface area (Å²) in [6, 6.07) is 0. The van der Waals surface area contributed by atoms with E-state index in [0.717, 1.165) is 17.3 Å². The van der Waals surface area contributed by atoms with E-state index in [9.17, 15) is 0 Å². The Kier molecular flexibility index (Phi) is 0.678. The molecule has 0 spiro atoms. The van der Waals surface area contributed by atoms with Gasteiger partial charge in [0.2, 0.25) is 0 Å².